The van der Waals surface area contributed by atoms with Gasteiger partial charge < -0.3 is 14.2 Å². The summed E-state index contributed by atoms with van der Waals surface area (Å²) in [5.74, 6) is 0.852. The van der Waals surface area contributed by atoms with E-state index in [9.17, 15) is 9.59 Å². The summed E-state index contributed by atoms with van der Waals surface area (Å²) in [4.78, 5) is 32.1. The van der Waals surface area contributed by atoms with Gasteiger partial charge in [-0.1, -0.05) is 41.2 Å². The van der Waals surface area contributed by atoms with Gasteiger partial charge in [0.1, 0.15) is 0 Å². The first-order valence-electron chi connectivity index (χ1n) is 12.5. The number of carbonyl (C=O) groups excluding carboxylic acids is 1. The normalized spacial score (nSPS) is 15.4. The van der Waals surface area contributed by atoms with Crippen LogP contribution >= 0.6 is 33.9 Å². The van der Waals surface area contributed by atoms with E-state index in [0.717, 1.165) is 20.3 Å². The SMILES string of the molecule is CCOC(=O)C1=C(C)N=c2s/c(=C\c3cc(I)c(OC(C)C)c(OCC)c3)c(=O)n2[C@@H]1c1ccc(C)cc1. The molecule has 0 radical (unpaired) electrons. The fourth-order valence-corrected chi connectivity index (χ4v) is 6.09. The molecule has 0 saturated heterocycles. The van der Waals surface area contributed by atoms with E-state index in [1.54, 1.807) is 18.4 Å². The number of nitrogens with zero attached hydrogens (tertiary/aromatic N) is 2. The van der Waals surface area contributed by atoms with Crippen LogP contribution in [0.5, 0.6) is 11.5 Å². The molecule has 1 aliphatic heterocycles. The number of esters is 1. The third-order valence-corrected chi connectivity index (χ3v) is 7.68. The number of halogens is 1. The van der Waals surface area contributed by atoms with Crippen LogP contribution in [0.4, 0.5) is 0 Å². The van der Waals surface area contributed by atoms with Crippen molar-refractivity contribution in [3.63, 3.8) is 0 Å². The Balaban J connectivity index is 1.90. The zero-order valence-electron chi connectivity index (χ0n) is 22.3. The standard InChI is InChI=1S/C29H31IN2O5S/c1-7-35-22-14-19(13-21(30)26(22)37-16(3)4)15-23-27(33)32-25(20-11-9-17(5)10-12-20)24(28(34)36-8-2)18(6)31-29(32)38-23/h9-16,25H,7-8H2,1-6H3/b23-15-/t25-/m1/s1. The Bertz CT molecular complexity index is 1570. The Labute approximate surface area is 239 Å². The average Bonchev–Trinajstić information content (AvgIpc) is 3.15. The Kier molecular flexibility index (Phi) is 8.77. The second kappa shape index (κ2) is 11.9. The highest BCUT2D eigenvalue weighted by molar-refractivity contribution is 14.1. The number of thiazole rings is 1. The number of carbonyl (C=O) groups is 1. The molecule has 3 aromatic rings. The molecule has 7 nitrogen and oxygen atoms in total. The summed E-state index contributed by atoms with van der Waals surface area (Å²) in [7, 11) is 0. The van der Waals surface area contributed by atoms with E-state index in [4.69, 9.17) is 14.2 Å². The highest BCUT2D eigenvalue weighted by Gasteiger charge is 2.33. The molecular weight excluding hydrogens is 615 g/mol. The molecule has 0 aliphatic carbocycles. The molecule has 0 amide bonds. The summed E-state index contributed by atoms with van der Waals surface area (Å²) in [6, 6.07) is 11.1. The van der Waals surface area contributed by atoms with Crippen molar-refractivity contribution in [1.29, 1.82) is 0 Å². The molecule has 200 valence electrons. The number of ether oxygens (including phenoxy) is 3. The Morgan fingerprint density at radius 2 is 1.87 bits per heavy atom. The molecule has 0 fully saturated rings. The van der Waals surface area contributed by atoms with E-state index >= 15 is 0 Å². The van der Waals surface area contributed by atoms with Crippen molar-refractivity contribution in [1.82, 2.24) is 4.57 Å². The van der Waals surface area contributed by atoms with Crippen molar-refractivity contribution < 1.29 is 19.0 Å². The Hall–Kier alpha value is -2.92. The number of hydrogen-bond acceptors (Lipinski definition) is 7. The molecule has 0 spiro atoms. The van der Waals surface area contributed by atoms with E-state index < -0.39 is 12.0 Å². The summed E-state index contributed by atoms with van der Waals surface area (Å²) >= 11 is 3.52. The van der Waals surface area contributed by atoms with Crippen LogP contribution in [0, 0.1) is 10.5 Å². The number of aryl methyl sites for hydroxylation is 1. The maximum absolute atomic E-state index is 13.9. The van der Waals surface area contributed by atoms with Gasteiger partial charge in [0.25, 0.3) is 5.56 Å². The van der Waals surface area contributed by atoms with Crippen LogP contribution in [0.2, 0.25) is 0 Å². The van der Waals surface area contributed by atoms with Crippen molar-refractivity contribution in [3.05, 3.63) is 87.6 Å². The van der Waals surface area contributed by atoms with Crippen molar-refractivity contribution >= 4 is 46.0 Å². The number of allylic oxidation sites excluding steroid dienone is 1. The van der Waals surface area contributed by atoms with Gasteiger partial charge in [0.2, 0.25) is 0 Å². The van der Waals surface area contributed by atoms with Crippen LogP contribution in [0.3, 0.4) is 0 Å². The van der Waals surface area contributed by atoms with Crippen LogP contribution in [-0.2, 0) is 9.53 Å². The molecule has 38 heavy (non-hydrogen) atoms. The average molecular weight is 647 g/mol. The van der Waals surface area contributed by atoms with Crippen molar-refractivity contribution in [2.24, 2.45) is 4.99 Å². The predicted molar refractivity (Wildman–Crippen MR) is 158 cm³/mol. The van der Waals surface area contributed by atoms with Gasteiger partial charge in [0, 0.05) is 0 Å². The molecule has 1 atom stereocenters. The van der Waals surface area contributed by atoms with Gasteiger partial charge in [-0.15, -0.1) is 0 Å². The smallest absolute Gasteiger partial charge is 0.338 e. The minimum absolute atomic E-state index is 0.00382. The Morgan fingerprint density at radius 3 is 2.50 bits per heavy atom. The first-order valence-corrected chi connectivity index (χ1v) is 14.4. The largest absolute Gasteiger partial charge is 0.490 e. The highest BCUT2D eigenvalue weighted by atomic mass is 127. The van der Waals surface area contributed by atoms with Crippen molar-refractivity contribution in [3.8, 4) is 11.5 Å². The number of benzene rings is 2. The summed E-state index contributed by atoms with van der Waals surface area (Å²) in [6.07, 6.45) is 1.83. The molecular formula is C29H31IN2O5S. The monoisotopic (exact) mass is 646 g/mol. The minimum atomic E-state index is -0.631. The van der Waals surface area contributed by atoms with Gasteiger partial charge in [-0.25, -0.2) is 9.79 Å². The third-order valence-electron chi connectivity index (χ3n) is 5.89. The van der Waals surface area contributed by atoms with Gasteiger partial charge in [0.05, 0.1) is 44.7 Å². The molecule has 4 rings (SSSR count). The molecule has 1 aliphatic rings. The highest BCUT2D eigenvalue weighted by Crippen LogP contribution is 2.35. The van der Waals surface area contributed by atoms with Crippen LogP contribution in [0.25, 0.3) is 6.08 Å². The van der Waals surface area contributed by atoms with Gasteiger partial charge >= 0.3 is 5.97 Å². The molecule has 2 heterocycles. The molecule has 0 bridgehead atoms. The topological polar surface area (TPSA) is 79.1 Å². The fraction of sp³-hybridized carbons (Fsp3) is 0.345. The third kappa shape index (κ3) is 5.73. The molecule has 0 N–H and O–H groups in total. The van der Waals surface area contributed by atoms with Gasteiger partial charge in [0.15, 0.2) is 16.3 Å². The summed E-state index contributed by atoms with van der Waals surface area (Å²) in [5.41, 5.74) is 3.42. The first-order chi connectivity index (χ1) is 18.1. The maximum Gasteiger partial charge on any atom is 0.338 e. The minimum Gasteiger partial charge on any atom is -0.490 e. The van der Waals surface area contributed by atoms with E-state index in [1.807, 2.05) is 70.2 Å². The number of fused-ring (bicyclic) bond motifs is 1. The molecule has 1 aromatic heterocycles. The van der Waals surface area contributed by atoms with E-state index in [-0.39, 0.29) is 18.3 Å². The van der Waals surface area contributed by atoms with E-state index in [2.05, 4.69) is 27.6 Å². The number of aromatic nitrogens is 1. The van der Waals surface area contributed by atoms with Crippen LogP contribution < -0.4 is 24.4 Å². The summed E-state index contributed by atoms with van der Waals surface area (Å²) < 4.78 is 20.2. The zero-order chi connectivity index (χ0) is 27.6. The lowest BCUT2D eigenvalue weighted by molar-refractivity contribution is -0.139. The molecule has 0 unspecified atom stereocenters. The lowest BCUT2D eigenvalue weighted by Gasteiger charge is -2.24. The van der Waals surface area contributed by atoms with Crippen molar-refractivity contribution in [2.75, 3.05) is 13.2 Å². The summed E-state index contributed by atoms with van der Waals surface area (Å²) in [6.45, 7) is 12.1. The van der Waals surface area contributed by atoms with E-state index in [1.165, 1.54) is 11.3 Å². The second-order valence-corrected chi connectivity index (χ2v) is 11.3. The number of rotatable bonds is 8. The van der Waals surface area contributed by atoms with E-state index in [0.29, 0.717) is 38.7 Å². The Morgan fingerprint density at radius 1 is 1.16 bits per heavy atom. The quantitative estimate of drug-likeness (QED) is 0.257. The fourth-order valence-electron chi connectivity index (χ4n) is 4.29. The molecule has 2 aromatic carbocycles. The van der Waals surface area contributed by atoms with Gasteiger partial charge in [-0.3, -0.25) is 9.36 Å². The van der Waals surface area contributed by atoms with Crippen LogP contribution in [-0.4, -0.2) is 29.9 Å². The van der Waals surface area contributed by atoms with Gasteiger partial charge in [-0.2, -0.15) is 0 Å². The number of hydrogen-bond donors (Lipinski definition) is 0. The predicted octanol–water partition coefficient (Wildman–Crippen LogP) is 4.90. The molecule has 9 heteroatoms. The van der Waals surface area contributed by atoms with Crippen LogP contribution in [0.15, 0.2) is 57.5 Å². The lowest BCUT2D eigenvalue weighted by Crippen LogP contribution is -2.39. The van der Waals surface area contributed by atoms with Gasteiger partial charge in [-0.05, 0) is 93.5 Å². The maximum atomic E-state index is 13.9. The lowest BCUT2D eigenvalue weighted by atomic mass is 9.95. The first kappa shape index (κ1) is 28.1. The van der Waals surface area contributed by atoms with Crippen LogP contribution in [0.1, 0.15) is 57.4 Å². The molecule has 0 saturated carbocycles. The van der Waals surface area contributed by atoms with Crippen molar-refractivity contribution in [2.45, 2.75) is 53.7 Å². The zero-order valence-corrected chi connectivity index (χ0v) is 25.3. The summed E-state index contributed by atoms with van der Waals surface area (Å²) in [5, 5.41) is 0. The second-order valence-electron chi connectivity index (χ2n) is 9.14.